The predicted molar refractivity (Wildman–Crippen MR) is 87.8 cm³/mol. The van der Waals surface area contributed by atoms with E-state index in [2.05, 4.69) is 41.3 Å². The number of hydrogen-bond donors (Lipinski definition) is 1. The summed E-state index contributed by atoms with van der Waals surface area (Å²) in [4.78, 5) is 0. The molecule has 0 unspecified atom stereocenters. The molecule has 0 spiro atoms. The topological polar surface area (TPSA) is 93.4 Å². The summed E-state index contributed by atoms with van der Waals surface area (Å²) in [6.45, 7) is 4.32. The van der Waals surface area contributed by atoms with Crippen molar-refractivity contribution in [1.82, 2.24) is 20.0 Å². The third kappa shape index (κ3) is 2.77. The zero-order valence-corrected chi connectivity index (χ0v) is 12.9. The van der Waals surface area contributed by atoms with Gasteiger partial charge in [-0.2, -0.15) is 15.0 Å². The Bertz CT molecular complexity index is 854. The van der Waals surface area contributed by atoms with E-state index in [4.69, 9.17) is 11.0 Å². The molecule has 0 aliphatic carbocycles. The fourth-order valence-corrected chi connectivity index (χ4v) is 2.26. The van der Waals surface area contributed by atoms with Crippen molar-refractivity contribution in [3.8, 4) is 23.1 Å². The van der Waals surface area contributed by atoms with Gasteiger partial charge in [-0.3, -0.25) is 0 Å². The lowest BCUT2D eigenvalue weighted by Gasteiger charge is -2.07. The van der Waals surface area contributed by atoms with Crippen molar-refractivity contribution in [1.29, 1.82) is 5.26 Å². The van der Waals surface area contributed by atoms with Crippen LogP contribution in [0.25, 0.3) is 17.1 Å². The van der Waals surface area contributed by atoms with Gasteiger partial charge in [0.15, 0.2) is 5.82 Å². The third-order valence-corrected chi connectivity index (χ3v) is 3.67. The van der Waals surface area contributed by atoms with E-state index in [0.717, 1.165) is 11.3 Å². The summed E-state index contributed by atoms with van der Waals surface area (Å²) >= 11 is 0. The molecule has 2 N–H and O–H groups in total. The van der Waals surface area contributed by atoms with Crippen molar-refractivity contribution in [2.24, 2.45) is 0 Å². The van der Waals surface area contributed by atoms with Crippen LogP contribution < -0.4 is 5.73 Å². The SMILES string of the molecule is CC(C)c1ccc(-c2ccc(-n3ncc(C#N)c3N)nn2)cc1. The van der Waals surface area contributed by atoms with Gasteiger partial charge in [0, 0.05) is 5.56 Å². The summed E-state index contributed by atoms with van der Waals surface area (Å²) in [5, 5.41) is 21.3. The monoisotopic (exact) mass is 304 g/mol. The van der Waals surface area contributed by atoms with Crippen LogP contribution in [0.2, 0.25) is 0 Å². The lowest BCUT2D eigenvalue weighted by molar-refractivity contribution is 0.824. The third-order valence-electron chi connectivity index (χ3n) is 3.67. The number of nitriles is 1. The van der Waals surface area contributed by atoms with E-state index in [9.17, 15) is 0 Å². The zero-order valence-electron chi connectivity index (χ0n) is 12.9. The van der Waals surface area contributed by atoms with E-state index in [1.807, 2.05) is 24.3 Å². The quantitative estimate of drug-likeness (QED) is 0.803. The lowest BCUT2D eigenvalue weighted by atomic mass is 10.0. The Hall–Kier alpha value is -3.20. The minimum atomic E-state index is 0.260. The molecule has 3 rings (SSSR count). The highest BCUT2D eigenvalue weighted by Gasteiger charge is 2.10. The molecule has 1 aromatic carbocycles. The van der Waals surface area contributed by atoms with Gasteiger partial charge in [-0.15, -0.1) is 10.2 Å². The number of nitrogens with two attached hydrogens (primary N) is 1. The standard InChI is InChI=1S/C17H16N6/c1-11(2)12-3-5-13(6-4-12)15-7-8-16(22-21-15)23-17(19)14(9-18)10-20-23/h3-8,10-11H,19H2,1-2H3. The van der Waals surface area contributed by atoms with Crippen LogP contribution in [0.5, 0.6) is 0 Å². The van der Waals surface area contributed by atoms with Crippen LogP contribution in [0.1, 0.15) is 30.9 Å². The van der Waals surface area contributed by atoms with Crippen LogP contribution in [0.15, 0.2) is 42.6 Å². The number of benzene rings is 1. The van der Waals surface area contributed by atoms with Crippen molar-refractivity contribution in [3.63, 3.8) is 0 Å². The Morgan fingerprint density at radius 1 is 1.09 bits per heavy atom. The van der Waals surface area contributed by atoms with Gasteiger partial charge >= 0.3 is 0 Å². The van der Waals surface area contributed by atoms with E-state index >= 15 is 0 Å². The van der Waals surface area contributed by atoms with Crippen molar-refractivity contribution >= 4 is 5.82 Å². The molecule has 3 aromatic rings. The van der Waals surface area contributed by atoms with Crippen molar-refractivity contribution in [2.75, 3.05) is 5.73 Å². The molecule has 0 atom stereocenters. The predicted octanol–water partition coefficient (Wildman–Crippen LogP) is 2.91. The molecule has 0 radical (unpaired) electrons. The van der Waals surface area contributed by atoms with E-state index in [1.54, 1.807) is 6.07 Å². The van der Waals surface area contributed by atoms with Gasteiger partial charge in [-0.25, -0.2) is 0 Å². The Balaban J connectivity index is 1.90. The number of anilines is 1. The second kappa shape index (κ2) is 5.89. The fourth-order valence-electron chi connectivity index (χ4n) is 2.26. The first-order chi connectivity index (χ1) is 11.1. The first kappa shape index (κ1) is 14.7. The summed E-state index contributed by atoms with van der Waals surface area (Å²) in [5.41, 5.74) is 9.23. The minimum absolute atomic E-state index is 0.260. The van der Waals surface area contributed by atoms with Crippen LogP contribution in [0.3, 0.4) is 0 Å². The maximum absolute atomic E-state index is 8.91. The molecule has 0 amide bonds. The molecule has 23 heavy (non-hydrogen) atoms. The summed E-state index contributed by atoms with van der Waals surface area (Å²) in [6, 6.07) is 13.9. The van der Waals surface area contributed by atoms with Crippen LogP contribution in [0, 0.1) is 11.3 Å². The van der Waals surface area contributed by atoms with Gasteiger partial charge < -0.3 is 5.73 Å². The molecular formula is C17H16N6. The molecule has 6 nitrogen and oxygen atoms in total. The summed E-state index contributed by atoms with van der Waals surface area (Å²) in [5.74, 6) is 1.23. The van der Waals surface area contributed by atoms with Crippen molar-refractivity contribution < 1.29 is 0 Å². The maximum Gasteiger partial charge on any atom is 0.178 e. The molecule has 0 aliphatic rings. The smallest absolute Gasteiger partial charge is 0.178 e. The molecule has 0 aliphatic heterocycles. The highest BCUT2D eigenvalue weighted by molar-refractivity contribution is 5.60. The number of nitrogens with zero attached hydrogens (tertiary/aromatic N) is 5. The number of rotatable bonds is 3. The van der Waals surface area contributed by atoms with Gasteiger partial charge in [0.25, 0.3) is 0 Å². The normalized spacial score (nSPS) is 10.7. The second-order valence-electron chi connectivity index (χ2n) is 5.52. The molecular weight excluding hydrogens is 288 g/mol. The summed E-state index contributed by atoms with van der Waals surface area (Å²) in [6.07, 6.45) is 1.41. The Morgan fingerprint density at radius 3 is 2.35 bits per heavy atom. The van der Waals surface area contributed by atoms with E-state index in [1.165, 1.54) is 16.4 Å². The van der Waals surface area contributed by atoms with Crippen molar-refractivity contribution in [3.05, 3.63) is 53.7 Å². The molecule has 0 saturated carbocycles. The van der Waals surface area contributed by atoms with Crippen LogP contribution in [-0.4, -0.2) is 20.0 Å². The Kier molecular flexibility index (Phi) is 3.77. The van der Waals surface area contributed by atoms with Gasteiger partial charge in [0.05, 0.1) is 11.9 Å². The summed E-state index contributed by atoms with van der Waals surface area (Å²) in [7, 11) is 0. The molecule has 0 saturated heterocycles. The van der Waals surface area contributed by atoms with Crippen LogP contribution in [0.4, 0.5) is 5.82 Å². The van der Waals surface area contributed by atoms with Gasteiger partial charge in [-0.1, -0.05) is 38.1 Å². The van der Waals surface area contributed by atoms with Gasteiger partial charge in [0.2, 0.25) is 0 Å². The summed E-state index contributed by atoms with van der Waals surface area (Å²) < 4.78 is 1.40. The Morgan fingerprint density at radius 2 is 1.83 bits per heavy atom. The van der Waals surface area contributed by atoms with Crippen LogP contribution in [-0.2, 0) is 0 Å². The molecule has 2 heterocycles. The fraction of sp³-hybridized carbons (Fsp3) is 0.176. The molecule has 6 heteroatoms. The van der Waals surface area contributed by atoms with Gasteiger partial charge in [-0.05, 0) is 23.6 Å². The molecule has 2 aromatic heterocycles. The molecule has 0 fully saturated rings. The average Bonchev–Trinajstić information content (AvgIpc) is 2.96. The van der Waals surface area contributed by atoms with Crippen molar-refractivity contribution in [2.45, 2.75) is 19.8 Å². The number of aromatic nitrogens is 4. The first-order valence-electron chi connectivity index (χ1n) is 7.28. The average molecular weight is 304 g/mol. The Labute approximate surface area is 134 Å². The second-order valence-corrected chi connectivity index (χ2v) is 5.52. The lowest BCUT2D eigenvalue weighted by Crippen LogP contribution is -2.05. The van der Waals surface area contributed by atoms with Crippen LogP contribution >= 0.6 is 0 Å². The van der Waals surface area contributed by atoms with E-state index < -0.39 is 0 Å². The number of nitrogen functional groups attached to an aromatic ring is 1. The molecule has 114 valence electrons. The highest BCUT2D eigenvalue weighted by atomic mass is 15.4. The molecule has 0 bridgehead atoms. The first-order valence-corrected chi connectivity index (χ1v) is 7.28. The number of hydrogen-bond acceptors (Lipinski definition) is 5. The maximum atomic E-state index is 8.91. The van der Waals surface area contributed by atoms with Gasteiger partial charge in [0.1, 0.15) is 17.5 Å². The minimum Gasteiger partial charge on any atom is -0.382 e. The highest BCUT2D eigenvalue weighted by Crippen LogP contribution is 2.21. The van der Waals surface area contributed by atoms with E-state index in [0.29, 0.717) is 17.3 Å². The largest absolute Gasteiger partial charge is 0.382 e. The zero-order chi connectivity index (χ0) is 16.4. The van der Waals surface area contributed by atoms with E-state index in [-0.39, 0.29) is 5.82 Å².